The zero-order valence-electron chi connectivity index (χ0n) is 20.4. The number of benzene rings is 2. The number of fused-ring (bicyclic) bond motifs is 1. The molecule has 0 amide bonds. The molecule has 8 nitrogen and oxygen atoms in total. The van der Waals surface area contributed by atoms with Crippen molar-refractivity contribution < 1.29 is 13.2 Å². The molecule has 0 saturated heterocycles. The predicted octanol–water partition coefficient (Wildman–Crippen LogP) is 5.05. The molecule has 194 valence electrons. The number of nitrogens with one attached hydrogen (secondary N) is 1. The van der Waals surface area contributed by atoms with Gasteiger partial charge in [-0.2, -0.15) is 15.2 Å². The van der Waals surface area contributed by atoms with Crippen molar-refractivity contribution in [2.24, 2.45) is 0 Å². The fraction of sp³-hybridized carbons (Fsp3) is 0.0714. The lowest BCUT2D eigenvalue weighted by Crippen LogP contribution is -2.23. The van der Waals surface area contributed by atoms with Gasteiger partial charge < -0.3 is 16.8 Å². The van der Waals surface area contributed by atoms with Crippen LogP contribution in [0.1, 0.15) is 24.1 Å². The second-order valence-corrected chi connectivity index (χ2v) is 8.76. The van der Waals surface area contributed by atoms with Crippen molar-refractivity contribution in [2.45, 2.75) is 13.0 Å². The minimum atomic E-state index is -0.840. The van der Waals surface area contributed by atoms with Crippen molar-refractivity contribution in [1.29, 1.82) is 5.26 Å². The lowest BCUT2D eigenvalue weighted by molar-refractivity contribution is 0.584. The molecule has 0 aliphatic carbocycles. The molecule has 0 radical (unpaired) electrons. The summed E-state index contributed by atoms with van der Waals surface area (Å²) >= 11 is 0. The summed E-state index contributed by atoms with van der Waals surface area (Å²) in [6.07, 6.45) is 1.02. The number of nitrogens with two attached hydrogens (primary N) is 2. The number of halogens is 3. The Bertz CT molecular complexity index is 1830. The molecule has 5 aromatic rings. The van der Waals surface area contributed by atoms with E-state index in [1.165, 1.54) is 6.07 Å². The van der Waals surface area contributed by atoms with Gasteiger partial charge >= 0.3 is 0 Å². The zero-order chi connectivity index (χ0) is 27.8. The number of anilines is 3. The highest BCUT2D eigenvalue weighted by Crippen LogP contribution is 2.39. The van der Waals surface area contributed by atoms with Crippen molar-refractivity contribution in [3.05, 3.63) is 106 Å². The molecule has 3 aromatic heterocycles. The Kier molecular flexibility index (Phi) is 6.37. The molecule has 5 N–H and O–H groups in total. The van der Waals surface area contributed by atoms with Gasteiger partial charge in [0.25, 0.3) is 5.56 Å². The van der Waals surface area contributed by atoms with Gasteiger partial charge in [0.1, 0.15) is 34.9 Å². The van der Waals surface area contributed by atoms with E-state index in [9.17, 15) is 23.2 Å². The van der Waals surface area contributed by atoms with Gasteiger partial charge in [0.15, 0.2) is 5.82 Å². The van der Waals surface area contributed by atoms with Crippen molar-refractivity contribution in [3.63, 3.8) is 0 Å². The Balaban J connectivity index is 1.91. The van der Waals surface area contributed by atoms with Crippen LogP contribution in [0.25, 0.3) is 27.8 Å². The van der Waals surface area contributed by atoms with Gasteiger partial charge in [0.05, 0.1) is 17.1 Å². The summed E-state index contributed by atoms with van der Waals surface area (Å²) in [5.74, 6) is -2.69. The number of hydrogen-bond donors (Lipinski definition) is 3. The molecule has 0 fully saturated rings. The Morgan fingerprint density at radius 1 is 0.923 bits per heavy atom. The lowest BCUT2D eigenvalue weighted by atomic mass is 9.88. The second-order valence-electron chi connectivity index (χ2n) is 8.76. The van der Waals surface area contributed by atoms with Gasteiger partial charge in [-0.1, -0.05) is 30.3 Å². The first kappa shape index (κ1) is 25.3. The van der Waals surface area contributed by atoms with Crippen molar-refractivity contribution in [2.75, 3.05) is 16.8 Å². The van der Waals surface area contributed by atoms with Crippen LogP contribution < -0.4 is 22.3 Å². The van der Waals surface area contributed by atoms with E-state index in [1.807, 2.05) is 6.07 Å². The van der Waals surface area contributed by atoms with Crippen LogP contribution in [0.3, 0.4) is 0 Å². The highest BCUT2D eigenvalue weighted by atomic mass is 19.1. The molecule has 0 spiro atoms. The number of nitriles is 1. The normalized spacial score (nSPS) is 11.8. The minimum absolute atomic E-state index is 0.00434. The third-order valence-corrected chi connectivity index (χ3v) is 6.21. The lowest BCUT2D eigenvalue weighted by Gasteiger charge is -2.25. The molecule has 0 aliphatic heterocycles. The molecule has 2 aromatic carbocycles. The fourth-order valence-electron chi connectivity index (χ4n) is 4.65. The summed E-state index contributed by atoms with van der Waals surface area (Å²) in [6, 6.07) is 15.2. The zero-order valence-corrected chi connectivity index (χ0v) is 20.4. The monoisotopic (exact) mass is 527 g/mol. The van der Waals surface area contributed by atoms with Crippen LogP contribution in [0.4, 0.5) is 30.8 Å². The van der Waals surface area contributed by atoms with Crippen molar-refractivity contribution >= 4 is 23.1 Å². The average Bonchev–Trinajstić information content (AvgIpc) is 2.88. The molecule has 39 heavy (non-hydrogen) atoms. The fourth-order valence-corrected chi connectivity index (χ4v) is 4.65. The van der Waals surface area contributed by atoms with E-state index < -0.39 is 29.1 Å². The molecule has 3 heterocycles. The van der Waals surface area contributed by atoms with E-state index in [1.54, 1.807) is 37.3 Å². The van der Waals surface area contributed by atoms with Gasteiger partial charge in [0, 0.05) is 17.8 Å². The van der Waals surface area contributed by atoms with Gasteiger partial charge in [-0.25, -0.2) is 13.2 Å². The van der Waals surface area contributed by atoms with E-state index >= 15 is 0 Å². The van der Waals surface area contributed by atoms with Crippen LogP contribution >= 0.6 is 0 Å². The smallest absolute Gasteiger partial charge is 0.263 e. The molecule has 11 heteroatoms. The van der Waals surface area contributed by atoms with E-state index in [0.717, 1.165) is 34.9 Å². The first-order valence-corrected chi connectivity index (χ1v) is 11.7. The van der Waals surface area contributed by atoms with Crippen molar-refractivity contribution in [1.82, 2.24) is 14.4 Å². The third kappa shape index (κ3) is 4.59. The van der Waals surface area contributed by atoms with Gasteiger partial charge in [-0.3, -0.25) is 9.20 Å². The molecule has 1 atom stereocenters. The van der Waals surface area contributed by atoms with Gasteiger partial charge in [-0.15, -0.1) is 0 Å². The molecular formula is C28H20F3N7O. The van der Waals surface area contributed by atoms with Crippen LogP contribution in [0.15, 0.2) is 71.7 Å². The largest absolute Gasteiger partial charge is 0.382 e. The number of hydrogen-bond acceptors (Lipinski definition) is 7. The Hall–Kier alpha value is -5.37. The Labute approximate surface area is 220 Å². The predicted molar refractivity (Wildman–Crippen MR) is 142 cm³/mol. The number of nitrogens with zero attached hydrogens (tertiary/aromatic N) is 4. The standard InChI is InChI=1S/C28H20F3N7O/c1-14(35-26-20(12-32)25(33)36-28(34)37-26)22-23(16-9-18(30)11-19(31)10-16)21-8-7-17(29)13-38(21)27(39)24(22)15-5-3-2-4-6-15/h2-11,13-14H,1H3,(H5,33,34,35,36,37)/t14-/m0/s1. The van der Waals surface area contributed by atoms with Crippen LogP contribution in [0.5, 0.6) is 0 Å². The Morgan fingerprint density at radius 3 is 2.28 bits per heavy atom. The Morgan fingerprint density at radius 2 is 1.62 bits per heavy atom. The average molecular weight is 528 g/mol. The highest BCUT2D eigenvalue weighted by molar-refractivity contribution is 5.89. The number of nitrogen functional groups attached to an aromatic ring is 2. The summed E-state index contributed by atoms with van der Waals surface area (Å²) in [5.41, 5.74) is 12.5. The summed E-state index contributed by atoms with van der Waals surface area (Å²) in [7, 11) is 0. The van der Waals surface area contributed by atoms with Gasteiger partial charge in [-0.05, 0) is 47.9 Å². The van der Waals surface area contributed by atoms with Crippen LogP contribution in [0, 0.1) is 28.8 Å². The van der Waals surface area contributed by atoms with Gasteiger partial charge in [0.2, 0.25) is 5.95 Å². The summed E-state index contributed by atoms with van der Waals surface area (Å²) in [4.78, 5) is 21.8. The maximum atomic E-state index is 14.5. The molecular weight excluding hydrogens is 507 g/mol. The van der Waals surface area contributed by atoms with Crippen molar-refractivity contribution in [3.8, 4) is 28.3 Å². The first-order valence-electron chi connectivity index (χ1n) is 11.7. The van der Waals surface area contributed by atoms with Crippen LogP contribution in [-0.2, 0) is 0 Å². The first-order chi connectivity index (χ1) is 18.7. The summed E-state index contributed by atoms with van der Waals surface area (Å²) in [5, 5.41) is 12.7. The van der Waals surface area contributed by atoms with Crippen LogP contribution in [-0.4, -0.2) is 14.4 Å². The number of pyridine rings is 2. The third-order valence-electron chi connectivity index (χ3n) is 6.21. The highest BCUT2D eigenvalue weighted by Gasteiger charge is 2.26. The summed E-state index contributed by atoms with van der Waals surface area (Å²) < 4.78 is 44.4. The van der Waals surface area contributed by atoms with Crippen LogP contribution in [0.2, 0.25) is 0 Å². The molecule has 0 bridgehead atoms. The summed E-state index contributed by atoms with van der Waals surface area (Å²) in [6.45, 7) is 1.68. The second kappa shape index (κ2) is 9.83. The molecule has 5 rings (SSSR count). The van der Waals surface area contributed by atoms with E-state index in [0.29, 0.717) is 11.1 Å². The molecule has 0 aliphatic rings. The quantitative estimate of drug-likeness (QED) is 0.291. The van der Waals surface area contributed by atoms with E-state index in [2.05, 4.69) is 15.3 Å². The maximum absolute atomic E-state index is 14.5. The number of rotatable bonds is 5. The number of aromatic nitrogens is 3. The van der Waals surface area contributed by atoms with E-state index in [-0.39, 0.29) is 45.4 Å². The SMILES string of the molecule is C[C@H](Nc1nc(N)nc(N)c1C#N)c1c(-c2ccccc2)c(=O)n2cc(F)ccc2c1-c1cc(F)cc(F)c1. The van der Waals surface area contributed by atoms with E-state index in [4.69, 9.17) is 11.5 Å². The molecule has 0 unspecified atom stereocenters. The topological polar surface area (TPSA) is 135 Å². The minimum Gasteiger partial charge on any atom is -0.382 e. The maximum Gasteiger partial charge on any atom is 0.263 e. The molecule has 0 saturated carbocycles.